The summed E-state index contributed by atoms with van der Waals surface area (Å²) in [7, 11) is 0. The molecule has 0 spiro atoms. The highest BCUT2D eigenvalue weighted by Crippen LogP contribution is 2.28. The molecular formula is C16H22N4O. The molecule has 0 saturated heterocycles. The predicted octanol–water partition coefficient (Wildman–Crippen LogP) is 3.67. The SMILES string of the molecule is CCCc1nc(NCC)c(C)c(Oc2cccnc2C)n1. The van der Waals surface area contributed by atoms with E-state index in [0.717, 1.165) is 48.0 Å². The van der Waals surface area contributed by atoms with Gasteiger partial charge in [0, 0.05) is 19.2 Å². The third-order valence-corrected chi connectivity index (χ3v) is 3.13. The Morgan fingerprint density at radius 1 is 1.19 bits per heavy atom. The van der Waals surface area contributed by atoms with Gasteiger partial charge in [0.15, 0.2) is 5.75 Å². The predicted molar refractivity (Wildman–Crippen MR) is 84.0 cm³/mol. The zero-order chi connectivity index (χ0) is 15.2. The van der Waals surface area contributed by atoms with Crippen molar-refractivity contribution >= 4 is 5.82 Å². The molecule has 2 rings (SSSR count). The first kappa shape index (κ1) is 15.2. The van der Waals surface area contributed by atoms with Crippen molar-refractivity contribution in [1.82, 2.24) is 15.0 Å². The molecule has 0 radical (unpaired) electrons. The third-order valence-electron chi connectivity index (χ3n) is 3.13. The van der Waals surface area contributed by atoms with Crippen LogP contribution in [0.3, 0.4) is 0 Å². The van der Waals surface area contributed by atoms with E-state index in [-0.39, 0.29) is 0 Å². The van der Waals surface area contributed by atoms with Crippen LogP contribution in [0.2, 0.25) is 0 Å². The van der Waals surface area contributed by atoms with Crippen molar-refractivity contribution < 1.29 is 4.74 Å². The molecule has 0 aliphatic carbocycles. The lowest BCUT2D eigenvalue weighted by molar-refractivity contribution is 0.448. The van der Waals surface area contributed by atoms with Gasteiger partial charge in [-0.2, -0.15) is 4.98 Å². The van der Waals surface area contributed by atoms with Crippen LogP contribution in [0.25, 0.3) is 0 Å². The third kappa shape index (κ3) is 3.68. The first-order valence-electron chi connectivity index (χ1n) is 7.36. The Labute approximate surface area is 125 Å². The van der Waals surface area contributed by atoms with Crippen LogP contribution in [0, 0.1) is 13.8 Å². The molecular weight excluding hydrogens is 264 g/mol. The zero-order valence-corrected chi connectivity index (χ0v) is 13.1. The van der Waals surface area contributed by atoms with Gasteiger partial charge in [0.2, 0.25) is 5.88 Å². The number of rotatable bonds is 6. The minimum Gasteiger partial charge on any atom is -0.437 e. The number of aryl methyl sites for hydroxylation is 2. The van der Waals surface area contributed by atoms with Gasteiger partial charge in [-0.05, 0) is 39.3 Å². The monoisotopic (exact) mass is 286 g/mol. The molecule has 2 heterocycles. The second-order valence-corrected chi connectivity index (χ2v) is 4.89. The van der Waals surface area contributed by atoms with Crippen molar-refractivity contribution in [3.63, 3.8) is 0 Å². The van der Waals surface area contributed by atoms with Crippen molar-refractivity contribution in [2.24, 2.45) is 0 Å². The van der Waals surface area contributed by atoms with E-state index in [0.29, 0.717) is 5.88 Å². The van der Waals surface area contributed by atoms with Gasteiger partial charge in [-0.1, -0.05) is 6.92 Å². The Kier molecular flexibility index (Phi) is 5.09. The highest BCUT2D eigenvalue weighted by molar-refractivity contribution is 5.49. The van der Waals surface area contributed by atoms with Crippen molar-refractivity contribution in [2.45, 2.75) is 40.5 Å². The number of nitrogens with zero attached hydrogens (tertiary/aromatic N) is 3. The Morgan fingerprint density at radius 2 is 2.00 bits per heavy atom. The lowest BCUT2D eigenvalue weighted by Crippen LogP contribution is -2.08. The molecule has 5 nitrogen and oxygen atoms in total. The summed E-state index contributed by atoms with van der Waals surface area (Å²) in [5, 5.41) is 3.27. The molecule has 112 valence electrons. The number of pyridine rings is 1. The van der Waals surface area contributed by atoms with E-state index in [1.54, 1.807) is 6.20 Å². The average Bonchev–Trinajstić information content (AvgIpc) is 2.46. The molecule has 0 atom stereocenters. The van der Waals surface area contributed by atoms with Crippen LogP contribution < -0.4 is 10.1 Å². The fourth-order valence-electron chi connectivity index (χ4n) is 2.00. The number of hydrogen-bond donors (Lipinski definition) is 1. The van der Waals surface area contributed by atoms with Crippen LogP contribution in [-0.4, -0.2) is 21.5 Å². The van der Waals surface area contributed by atoms with E-state index in [4.69, 9.17) is 4.74 Å². The van der Waals surface area contributed by atoms with Crippen LogP contribution in [0.15, 0.2) is 18.3 Å². The van der Waals surface area contributed by atoms with Gasteiger partial charge >= 0.3 is 0 Å². The topological polar surface area (TPSA) is 59.9 Å². The standard InChI is InChI=1S/C16H22N4O/c1-5-8-14-19-15(17-6-2)11(3)16(20-14)21-13-9-7-10-18-12(13)4/h7,9-10H,5-6,8H2,1-4H3,(H,17,19,20). The van der Waals surface area contributed by atoms with Gasteiger partial charge < -0.3 is 10.1 Å². The second kappa shape index (κ2) is 7.02. The van der Waals surface area contributed by atoms with Crippen molar-refractivity contribution in [3.8, 4) is 11.6 Å². The van der Waals surface area contributed by atoms with E-state index in [2.05, 4.69) is 27.2 Å². The number of aromatic nitrogens is 3. The van der Waals surface area contributed by atoms with E-state index < -0.39 is 0 Å². The maximum Gasteiger partial charge on any atom is 0.227 e. The van der Waals surface area contributed by atoms with Gasteiger partial charge in [0.25, 0.3) is 0 Å². The summed E-state index contributed by atoms with van der Waals surface area (Å²) in [5.41, 5.74) is 1.76. The highest BCUT2D eigenvalue weighted by atomic mass is 16.5. The Morgan fingerprint density at radius 3 is 2.67 bits per heavy atom. The maximum atomic E-state index is 5.96. The van der Waals surface area contributed by atoms with E-state index in [9.17, 15) is 0 Å². The van der Waals surface area contributed by atoms with Crippen LogP contribution in [0.1, 0.15) is 37.4 Å². The molecule has 0 bridgehead atoms. The van der Waals surface area contributed by atoms with Crippen LogP contribution in [0.5, 0.6) is 11.6 Å². The summed E-state index contributed by atoms with van der Waals surface area (Å²) < 4.78 is 5.96. The first-order chi connectivity index (χ1) is 10.2. The first-order valence-corrected chi connectivity index (χ1v) is 7.36. The van der Waals surface area contributed by atoms with Crippen molar-refractivity contribution in [1.29, 1.82) is 0 Å². The lowest BCUT2D eigenvalue weighted by Gasteiger charge is -2.14. The molecule has 0 fully saturated rings. The second-order valence-electron chi connectivity index (χ2n) is 4.89. The summed E-state index contributed by atoms with van der Waals surface area (Å²) in [4.78, 5) is 13.3. The van der Waals surface area contributed by atoms with Crippen LogP contribution in [-0.2, 0) is 6.42 Å². The van der Waals surface area contributed by atoms with E-state index in [1.807, 2.05) is 32.9 Å². The molecule has 5 heteroatoms. The summed E-state index contributed by atoms with van der Waals surface area (Å²) in [6.45, 7) is 8.86. The molecule has 0 unspecified atom stereocenters. The van der Waals surface area contributed by atoms with E-state index in [1.165, 1.54) is 0 Å². The number of anilines is 1. The fourth-order valence-corrected chi connectivity index (χ4v) is 2.00. The van der Waals surface area contributed by atoms with Gasteiger partial charge in [-0.15, -0.1) is 0 Å². The summed E-state index contributed by atoms with van der Waals surface area (Å²) in [6, 6.07) is 3.76. The summed E-state index contributed by atoms with van der Waals surface area (Å²) in [6.07, 6.45) is 3.59. The number of hydrogen-bond acceptors (Lipinski definition) is 5. The number of nitrogens with one attached hydrogen (secondary N) is 1. The molecule has 0 amide bonds. The molecule has 0 aliphatic rings. The molecule has 2 aromatic rings. The fraction of sp³-hybridized carbons (Fsp3) is 0.438. The Balaban J connectivity index is 2.39. The quantitative estimate of drug-likeness (QED) is 0.878. The van der Waals surface area contributed by atoms with Gasteiger partial charge in [-0.3, -0.25) is 4.98 Å². The highest BCUT2D eigenvalue weighted by Gasteiger charge is 2.13. The molecule has 0 saturated carbocycles. The average molecular weight is 286 g/mol. The molecule has 21 heavy (non-hydrogen) atoms. The summed E-state index contributed by atoms with van der Waals surface area (Å²) >= 11 is 0. The molecule has 0 aliphatic heterocycles. The zero-order valence-electron chi connectivity index (χ0n) is 13.1. The molecule has 1 N–H and O–H groups in total. The van der Waals surface area contributed by atoms with Crippen molar-refractivity contribution in [2.75, 3.05) is 11.9 Å². The van der Waals surface area contributed by atoms with Crippen LogP contribution >= 0.6 is 0 Å². The van der Waals surface area contributed by atoms with Gasteiger partial charge in [0.05, 0.1) is 11.3 Å². The smallest absolute Gasteiger partial charge is 0.227 e. The van der Waals surface area contributed by atoms with Gasteiger partial charge in [0.1, 0.15) is 11.6 Å². The van der Waals surface area contributed by atoms with Crippen molar-refractivity contribution in [3.05, 3.63) is 35.4 Å². The molecule has 0 aromatic carbocycles. The minimum absolute atomic E-state index is 0.598. The normalized spacial score (nSPS) is 10.5. The Hall–Kier alpha value is -2.17. The summed E-state index contributed by atoms with van der Waals surface area (Å²) in [5.74, 6) is 2.97. The Bertz CT molecular complexity index is 613. The lowest BCUT2D eigenvalue weighted by atomic mass is 10.2. The maximum absolute atomic E-state index is 5.96. The largest absolute Gasteiger partial charge is 0.437 e. The molecule has 2 aromatic heterocycles. The minimum atomic E-state index is 0.598. The number of ether oxygens (including phenoxy) is 1. The van der Waals surface area contributed by atoms with E-state index >= 15 is 0 Å². The van der Waals surface area contributed by atoms with Crippen LogP contribution in [0.4, 0.5) is 5.82 Å². The van der Waals surface area contributed by atoms with Gasteiger partial charge in [-0.25, -0.2) is 4.98 Å².